The van der Waals surface area contributed by atoms with Crippen LogP contribution in [-0.2, 0) is 0 Å². The van der Waals surface area contributed by atoms with Crippen LogP contribution in [0.3, 0.4) is 0 Å². The van der Waals surface area contributed by atoms with Gasteiger partial charge >= 0.3 is 0 Å². The topological polar surface area (TPSA) is 67.8 Å². The summed E-state index contributed by atoms with van der Waals surface area (Å²) in [6.07, 6.45) is 0. The lowest BCUT2D eigenvalue weighted by molar-refractivity contribution is 0.318. The van der Waals surface area contributed by atoms with Crippen molar-refractivity contribution in [1.82, 2.24) is 0 Å². The van der Waals surface area contributed by atoms with Crippen LogP contribution >= 0.6 is 0 Å². The summed E-state index contributed by atoms with van der Waals surface area (Å²) in [6.45, 7) is 3.70. The van der Waals surface area contributed by atoms with Gasteiger partial charge in [-0.3, -0.25) is 0 Å². The van der Waals surface area contributed by atoms with E-state index >= 15 is 0 Å². The monoisotopic (exact) mass is 274 g/mol. The zero-order valence-electron chi connectivity index (χ0n) is 11.2. The third kappa shape index (κ3) is 2.88. The highest BCUT2D eigenvalue weighted by Crippen LogP contribution is 2.29. The minimum Gasteiger partial charge on any atom is -0.456 e. The fraction of sp³-hybridized carbons (Fsp3) is 0.133. The SMILES string of the molecule is Cc1ccc(/C(N)=N/O)c(Oc2cc(F)ccc2C)c1. The second kappa shape index (κ2) is 5.61. The van der Waals surface area contributed by atoms with Gasteiger partial charge in [0.25, 0.3) is 0 Å². The van der Waals surface area contributed by atoms with E-state index in [1.54, 1.807) is 18.2 Å². The van der Waals surface area contributed by atoms with E-state index in [0.717, 1.165) is 11.1 Å². The summed E-state index contributed by atoms with van der Waals surface area (Å²) in [5, 5.41) is 11.8. The molecule has 0 aliphatic carbocycles. The quantitative estimate of drug-likeness (QED) is 0.390. The summed E-state index contributed by atoms with van der Waals surface area (Å²) >= 11 is 0. The second-order valence-corrected chi connectivity index (χ2v) is 4.50. The van der Waals surface area contributed by atoms with Crippen LogP contribution < -0.4 is 10.5 Å². The third-order valence-electron chi connectivity index (χ3n) is 2.89. The molecule has 0 atom stereocenters. The Morgan fingerprint density at radius 2 is 1.90 bits per heavy atom. The highest BCUT2D eigenvalue weighted by Gasteiger charge is 2.11. The first kappa shape index (κ1) is 13.9. The first-order chi connectivity index (χ1) is 9.51. The van der Waals surface area contributed by atoms with Crippen LogP contribution in [0.4, 0.5) is 4.39 Å². The maximum Gasteiger partial charge on any atom is 0.173 e. The van der Waals surface area contributed by atoms with E-state index in [0.29, 0.717) is 17.1 Å². The zero-order chi connectivity index (χ0) is 14.7. The van der Waals surface area contributed by atoms with E-state index in [-0.39, 0.29) is 11.7 Å². The predicted octanol–water partition coefficient (Wildman–Crippen LogP) is 3.33. The Morgan fingerprint density at radius 1 is 1.15 bits per heavy atom. The van der Waals surface area contributed by atoms with Gasteiger partial charge in [-0.1, -0.05) is 17.3 Å². The van der Waals surface area contributed by atoms with Crippen LogP contribution in [0.25, 0.3) is 0 Å². The summed E-state index contributed by atoms with van der Waals surface area (Å²) in [6, 6.07) is 9.55. The summed E-state index contributed by atoms with van der Waals surface area (Å²) in [5.74, 6) is 0.356. The number of halogens is 1. The average Bonchev–Trinajstić information content (AvgIpc) is 2.42. The van der Waals surface area contributed by atoms with Crippen molar-refractivity contribution in [3.05, 3.63) is 58.9 Å². The second-order valence-electron chi connectivity index (χ2n) is 4.50. The third-order valence-corrected chi connectivity index (χ3v) is 2.89. The Bertz CT molecular complexity index is 669. The van der Waals surface area contributed by atoms with Crippen molar-refractivity contribution in [2.75, 3.05) is 0 Å². The highest BCUT2D eigenvalue weighted by molar-refractivity contribution is 5.99. The number of oxime groups is 1. The number of nitrogens with zero attached hydrogens (tertiary/aromatic N) is 1. The lowest BCUT2D eigenvalue weighted by Crippen LogP contribution is -2.14. The Kier molecular flexibility index (Phi) is 3.89. The number of amidine groups is 1. The average molecular weight is 274 g/mol. The molecule has 0 aliphatic rings. The van der Waals surface area contributed by atoms with Gasteiger partial charge in [0.05, 0.1) is 5.56 Å². The van der Waals surface area contributed by atoms with Crippen LogP contribution in [0.1, 0.15) is 16.7 Å². The van der Waals surface area contributed by atoms with Crippen molar-refractivity contribution in [2.45, 2.75) is 13.8 Å². The van der Waals surface area contributed by atoms with E-state index < -0.39 is 0 Å². The summed E-state index contributed by atoms with van der Waals surface area (Å²) in [7, 11) is 0. The van der Waals surface area contributed by atoms with Crippen molar-refractivity contribution in [3.8, 4) is 11.5 Å². The fourth-order valence-corrected chi connectivity index (χ4v) is 1.78. The largest absolute Gasteiger partial charge is 0.456 e. The predicted molar refractivity (Wildman–Crippen MR) is 74.9 cm³/mol. The van der Waals surface area contributed by atoms with E-state index in [9.17, 15) is 4.39 Å². The Labute approximate surface area is 116 Å². The lowest BCUT2D eigenvalue weighted by Gasteiger charge is -2.13. The van der Waals surface area contributed by atoms with E-state index in [1.165, 1.54) is 12.1 Å². The Hall–Kier alpha value is -2.56. The lowest BCUT2D eigenvalue weighted by atomic mass is 10.1. The van der Waals surface area contributed by atoms with Crippen LogP contribution in [0.2, 0.25) is 0 Å². The van der Waals surface area contributed by atoms with E-state index in [4.69, 9.17) is 15.7 Å². The number of ether oxygens (including phenoxy) is 1. The van der Waals surface area contributed by atoms with Gasteiger partial charge in [0.2, 0.25) is 0 Å². The molecule has 0 radical (unpaired) electrons. The maximum absolute atomic E-state index is 13.3. The maximum atomic E-state index is 13.3. The van der Waals surface area contributed by atoms with Crippen molar-refractivity contribution in [3.63, 3.8) is 0 Å². The standard InChI is InChI=1S/C15H15FN2O2/c1-9-3-6-12(15(17)18-19)14(7-9)20-13-8-11(16)5-4-10(13)2/h3-8,19H,1-2H3,(H2,17,18). The normalized spacial score (nSPS) is 11.4. The van der Waals surface area contributed by atoms with Crippen LogP contribution in [0.5, 0.6) is 11.5 Å². The molecule has 0 amide bonds. The van der Waals surface area contributed by atoms with Crippen molar-refractivity contribution < 1.29 is 14.3 Å². The van der Waals surface area contributed by atoms with Gasteiger partial charge in [0.1, 0.15) is 17.3 Å². The number of hydrogen-bond acceptors (Lipinski definition) is 3. The minimum atomic E-state index is -0.386. The van der Waals surface area contributed by atoms with E-state index in [1.807, 2.05) is 19.9 Å². The van der Waals surface area contributed by atoms with Crippen LogP contribution in [0, 0.1) is 19.7 Å². The number of benzene rings is 2. The molecule has 2 aromatic rings. The van der Waals surface area contributed by atoms with Gasteiger partial charge in [0.15, 0.2) is 5.84 Å². The number of nitrogens with two attached hydrogens (primary N) is 1. The fourth-order valence-electron chi connectivity index (χ4n) is 1.78. The molecular formula is C15H15FN2O2. The van der Waals surface area contributed by atoms with Crippen LogP contribution in [-0.4, -0.2) is 11.0 Å². The molecule has 0 saturated carbocycles. The van der Waals surface area contributed by atoms with Crippen molar-refractivity contribution in [1.29, 1.82) is 0 Å². The van der Waals surface area contributed by atoms with Gasteiger partial charge in [-0.25, -0.2) is 4.39 Å². The van der Waals surface area contributed by atoms with Gasteiger partial charge in [0, 0.05) is 6.07 Å². The molecule has 3 N–H and O–H groups in total. The van der Waals surface area contributed by atoms with Crippen LogP contribution in [0.15, 0.2) is 41.6 Å². The first-order valence-corrected chi connectivity index (χ1v) is 6.04. The Balaban J connectivity index is 2.47. The summed E-state index contributed by atoms with van der Waals surface area (Å²) < 4.78 is 19.0. The molecule has 104 valence electrons. The molecule has 0 fully saturated rings. The molecule has 0 aliphatic heterocycles. The number of hydrogen-bond donors (Lipinski definition) is 2. The number of rotatable bonds is 3. The summed E-state index contributed by atoms with van der Waals surface area (Å²) in [5.41, 5.74) is 7.80. The Morgan fingerprint density at radius 3 is 2.60 bits per heavy atom. The van der Waals surface area contributed by atoms with Crippen molar-refractivity contribution in [2.24, 2.45) is 10.9 Å². The minimum absolute atomic E-state index is 0.0611. The molecule has 0 saturated heterocycles. The molecule has 4 nitrogen and oxygen atoms in total. The smallest absolute Gasteiger partial charge is 0.173 e. The molecule has 5 heteroatoms. The highest BCUT2D eigenvalue weighted by atomic mass is 19.1. The molecule has 0 heterocycles. The summed E-state index contributed by atoms with van der Waals surface area (Å²) in [4.78, 5) is 0. The molecule has 20 heavy (non-hydrogen) atoms. The molecular weight excluding hydrogens is 259 g/mol. The first-order valence-electron chi connectivity index (χ1n) is 6.04. The van der Waals surface area contributed by atoms with Crippen molar-refractivity contribution >= 4 is 5.84 Å². The number of aryl methyl sites for hydroxylation is 2. The molecule has 2 rings (SSSR count). The molecule has 2 aromatic carbocycles. The van der Waals surface area contributed by atoms with E-state index in [2.05, 4.69) is 5.16 Å². The molecule has 0 bridgehead atoms. The van der Waals surface area contributed by atoms with Gasteiger partial charge in [-0.2, -0.15) is 0 Å². The van der Waals surface area contributed by atoms with Gasteiger partial charge < -0.3 is 15.7 Å². The van der Waals surface area contributed by atoms with Gasteiger partial charge in [-0.15, -0.1) is 0 Å². The molecule has 0 aromatic heterocycles. The molecule has 0 unspecified atom stereocenters. The molecule has 0 spiro atoms. The van der Waals surface area contributed by atoms with Gasteiger partial charge in [-0.05, 0) is 43.2 Å². The zero-order valence-corrected chi connectivity index (χ0v) is 11.2.